The van der Waals surface area contributed by atoms with Crippen LogP contribution < -0.4 is 10.2 Å². The maximum absolute atomic E-state index is 12.6. The minimum absolute atomic E-state index is 0.101. The Balaban J connectivity index is 3.10. The van der Waals surface area contributed by atoms with Crippen molar-refractivity contribution in [3.8, 4) is 0 Å². The third-order valence-corrected chi connectivity index (χ3v) is 2.88. The molecule has 19 heavy (non-hydrogen) atoms. The molecule has 0 aliphatic rings. The van der Waals surface area contributed by atoms with Crippen molar-refractivity contribution in [1.29, 1.82) is 0 Å². The van der Waals surface area contributed by atoms with Crippen LogP contribution in [-0.4, -0.2) is 38.0 Å². The highest BCUT2D eigenvalue weighted by atomic mass is 35.5. The lowest BCUT2D eigenvalue weighted by Gasteiger charge is -2.27. The van der Waals surface area contributed by atoms with Gasteiger partial charge in [-0.2, -0.15) is 13.2 Å². The molecule has 0 fully saturated rings. The molecule has 0 atom stereocenters. The van der Waals surface area contributed by atoms with Crippen LogP contribution in [0.25, 0.3) is 0 Å². The second-order valence-corrected chi connectivity index (χ2v) is 4.44. The maximum atomic E-state index is 12.6. The van der Waals surface area contributed by atoms with E-state index in [9.17, 15) is 13.2 Å². The van der Waals surface area contributed by atoms with Gasteiger partial charge in [0, 0.05) is 29.4 Å². The maximum Gasteiger partial charge on any atom is 0.405 e. The summed E-state index contributed by atoms with van der Waals surface area (Å²) in [5, 5.41) is 12.2. The second kappa shape index (κ2) is 6.98. The van der Waals surface area contributed by atoms with Crippen molar-refractivity contribution >= 4 is 17.3 Å². The van der Waals surface area contributed by atoms with Crippen molar-refractivity contribution < 1.29 is 18.3 Å². The molecule has 0 amide bonds. The summed E-state index contributed by atoms with van der Waals surface area (Å²) in [6, 6.07) is 4.79. The molecule has 1 rings (SSSR count). The molecule has 0 aliphatic carbocycles. The van der Waals surface area contributed by atoms with Crippen LogP contribution in [0.3, 0.4) is 0 Å². The quantitative estimate of drug-likeness (QED) is 0.846. The number of rotatable bonds is 6. The van der Waals surface area contributed by atoms with E-state index in [1.165, 1.54) is 0 Å². The van der Waals surface area contributed by atoms with E-state index < -0.39 is 12.7 Å². The fraction of sp³-hybridized carbons (Fsp3) is 0.500. The number of halogens is 4. The van der Waals surface area contributed by atoms with Crippen LogP contribution in [0.1, 0.15) is 5.56 Å². The summed E-state index contributed by atoms with van der Waals surface area (Å²) in [7, 11) is 1.69. The predicted molar refractivity (Wildman–Crippen MR) is 69.6 cm³/mol. The van der Waals surface area contributed by atoms with Crippen LogP contribution in [0.4, 0.5) is 18.9 Å². The molecule has 0 bridgehead atoms. The third-order valence-electron chi connectivity index (χ3n) is 2.53. The molecule has 1 aromatic carbocycles. The highest BCUT2D eigenvalue weighted by Gasteiger charge is 2.31. The first-order valence-corrected chi connectivity index (χ1v) is 6.11. The number of aliphatic hydroxyl groups excluding tert-OH is 1. The zero-order valence-corrected chi connectivity index (χ0v) is 11.2. The van der Waals surface area contributed by atoms with E-state index in [0.717, 1.165) is 4.90 Å². The standard InChI is InChI=1S/C12H16ClF3N2O/c1-17-7-9-10(13)3-2-4-11(9)18(5-6-19)8-12(14,15)16/h2-4,17,19H,5-8H2,1H3. The van der Waals surface area contributed by atoms with E-state index >= 15 is 0 Å². The van der Waals surface area contributed by atoms with E-state index in [0.29, 0.717) is 22.8 Å². The number of nitrogens with one attached hydrogen (secondary N) is 1. The van der Waals surface area contributed by atoms with Gasteiger partial charge >= 0.3 is 6.18 Å². The summed E-state index contributed by atoms with van der Waals surface area (Å²) in [5.41, 5.74) is 0.970. The van der Waals surface area contributed by atoms with Gasteiger partial charge in [-0.3, -0.25) is 0 Å². The lowest BCUT2D eigenvalue weighted by atomic mass is 10.1. The zero-order chi connectivity index (χ0) is 14.5. The van der Waals surface area contributed by atoms with Gasteiger partial charge in [0.25, 0.3) is 0 Å². The average molecular weight is 297 g/mol. The molecule has 0 aromatic heterocycles. The molecule has 0 saturated carbocycles. The molecular weight excluding hydrogens is 281 g/mol. The first kappa shape index (κ1) is 16.1. The number of alkyl halides is 3. The summed E-state index contributed by atoms with van der Waals surface area (Å²) >= 11 is 6.01. The van der Waals surface area contributed by atoms with Gasteiger partial charge < -0.3 is 15.3 Å². The van der Waals surface area contributed by atoms with Crippen molar-refractivity contribution in [3.05, 3.63) is 28.8 Å². The normalized spacial score (nSPS) is 11.7. The van der Waals surface area contributed by atoms with Crippen LogP contribution in [0.2, 0.25) is 5.02 Å². The van der Waals surface area contributed by atoms with Crippen molar-refractivity contribution in [1.82, 2.24) is 5.32 Å². The number of hydrogen-bond donors (Lipinski definition) is 2. The largest absolute Gasteiger partial charge is 0.405 e. The minimum Gasteiger partial charge on any atom is -0.395 e. The van der Waals surface area contributed by atoms with Crippen LogP contribution >= 0.6 is 11.6 Å². The number of benzene rings is 1. The van der Waals surface area contributed by atoms with Crippen LogP contribution in [0, 0.1) is 0 Å². The molecule has 0 saturated heterocycles. The van der Waals surface area contributed by atoms with Crippen molar-refractivity contribution in [3.63, 3.8) is 0 Å². The van der Waals surface area contributed by atoms with Gasteiger partial charge in [0.05, 0.1) is 6.61 Å². The van der Waals surface area contributed by atoms with Gasteiger partial charge in [-0.05, 0) is 19.2 Å². The Labute approximate surface area is 115 Å². The predicted octanol–water partition coefficient (Wildman–Crippen LogP) is 2.42. The van der Waals surface area contributed by atoms with Crippen LogP contribution in [0.5, 0.6) is 0 Å². The SMILES string of the molecule is CNCc1c(Cl)cccc1N(CCO)CC(F)(F)F. The number of aliphatic hydroxyl groups is 1. The summed E-state index contributed by atoms with van der Waals surface area (Å²) in [6.07, 6.45) is -4.34. The Morgan fingerprint density at radius 3 is 2.58 bits per heavy atom. The molecule has 0 unspecified atom stereocenters. The number of anilines is 1. The Kier molecular flexibility index (Phi) is 5.90. The monoisotopic (exact) mass is 296 g/mol. The molecule has 1 aromatic rings. The molecule has 0 aliphatic heterocycles. The summed E-state index contributed by atoms with van der Waals surface area (Å²) < 4.78 is 37.7. The molecule has 7 heteroatoms. The fourth-order valence-electron chi connectivity index (χ4n) is 1.82. The first-order chi connectivity index (χ1) is 8.89. The van der Waals surface area contributed by atoms with Gasteiger partial charge in [0.2, 0.25) is 0 Å². The molecule has 2 N–H and O–H groups in total. The highest BCUT2D eigenvalue weighted by molar-refractivity contribution is 6.31. The Morgan fingerprint density at radius 2 is 2.05 bits per heavy atom. The van der Waals surface area contributed by atoms with Gasteiger partial charge in [0.15, 0.2) is 0 Å². The number of nitrogens with zero attached hydrogens (tertiary/aromatic N) is 1. The molecule has 3 nitrogen and oxygen atoms in total. The molecule has 0 radical (unpaired) electrons. The Hall–Kier alpha value is -0.980. The van der Waals surface area contributed by atoms with Gasteiger partial charge in [0.1, 0.15) is 6.54 Å². The van der Waals surface area contributed by atoms with E-state index in [-0.39, 0.29) is 13.2 Å². The summed E-state index contributed by atoms with van der Waals surface area (Å²) in [4.78, 5) is 1.08. The number of hydrogen-bond acceptors (Lipinski definition) is 3. The van der Waals surface area contributed by atoms with Crippen LogP contribution in [-0.2, 0) is 6.54 Å². The van der Waals surface area contributed by atoms with E-state index in [4.69, 9.17) is 16.7 Å². The van der Waals surface area contributed by atoms with Crippen molar-refractivity contribution in [2.24, 2.45) is 0 Å². The smallest absolute Gasteiger partial charge is 0.395 e. The Morgan fingerprint density at radius 1 is 1.37 bits per heavy atom. The second-order valence-electron chi connectivity index (χ2n) is 4.03. The van der Waals surface area contributed by atoms with E-state index in [1.807, 2.05) is 0 Å². The van der Waals surface area contributed by atoms with Gasteiger partial charge in [-0.15, -0.1) is 0 Å². The molecule has 0 heterocycles. The fourth-order valence-corrected chi connectivity index (χ4v) is 2.05. The van der Waals surface area contributed by atoms with Crippen molar-refractivity contribution in [2.75, 3.05) is 31.6 Å². The van der Waals surface area contributed by atoms with Crippen LogP contribution in [0.15, 0.2) is 18.2 Å². The average Bonchev–Trinajstić information content (AvgIpc) is 2.30. The van der Waals surface area contributed by atoms with Gasteiger partial charge in [-0.1, -0.05) is 17.7 Å². The third kappa shape index (κ3) is 4.89. The van der Waals surface area contributed by atoms with Gasteiger partial charge in [-0.25, -0.2) is 0 Å². The van der Waals surface area contributed by atoms with E-state index in [1.54, 1.807) is 25.2 Å². The van der Waals surface area contributed by atoms with E-state index in [2.05, 4.69) is 5.32 Å². The highest BCUT2D eigenvalue weighted by Crippen LogP contribution is 2.29. The lowest BCUT2D eigenvalue weighted by Crippen LogP contribution is -2.37. The van der Waals surface area contributed by atoms with Crippen molar-refractivity contribution in [2.45, 2.75) is 12.7 Å². The molecular formula is C12H16ClF3N2O. The minimum atomic E-state index is -4.34. The summed E-state index contributed by atoms with van der Waals surface area (Å²) in [6.45, 7) is -1.22. The first-order valence-electron chi connectivity index (χ1n) is 5.73. The molecule has 0 spiro atoms. The summed E-state index contributed by atoms with van der Waals surface area (Å²) in [5.74, 6) is 0. The topological polar surface area (TPSA) is 35.5 Å². The lowest BCUT2D eigenvalue weighted by molar-refractivity contribution is -0.119. The zero-order valence-electron chi connectivity index (χ0n) is 10.5. The Bertz CT molecular complexity index is 412. The molecule has 108 valence electrons.